The summed E-state index contributed by atoms with van der Waals surface area (Å²) in [6.07, 6.45) is 6.23. The molecule has 0 aliphatic rings. The van der Waals surface area contributed by atoms with E-state index in [1.165, 1.54) is 0 Å². The van der Waals surface area contributed by atoms with Gasteiger partial charge in [-0.15, -0.1) is 0 Å². The van der Waals surface area contributed by atoms with Gasteiger partial charge in [-0.3, -0.25) is 9.59 Å². The van der Waals surface area contributed by atoms with Crippen molar-refractivity contribution in [2.75, 3.05) is 0 Å². The summed E-state index contributed by atoms with van der Waals surface area (Å²) in [5, 5.41) is 0. The van der Waals surface area contributed by atoms with E-state index in [2.05, 4.69) is 6.92 Å². The second kappa shape index (κ2) is 9.12. The fraction of sp³-hybridized carbons (Fsp3) is 0.867. The molecule has 18 heavy (non-hydrogen) atoms. The summed E-state index contributed by atoms with van der Waals surface area (Å²) < 4.78 is 5.42. The molecule has 0 rings (SSSR count). The molecule has 0 atom stereocenters. The first kappa shape index (κ1) is 17.1. The highest BCUT2D eigenvalue weighted by Crippen LogP contribution is 2.19. The van der Waals surface area contributed by atoms with Gasteiger partial charge < -0.3 is 4.74 Å². The van der Waals surface area contributed by atoms with Gasteiger partial charge in [-0.2, -0.15) is 0 Å². The summed E-state index contributed by atoms with van der Waals surface area (Å²) >= 11 is 0. The molecule has 0 bridgehead atoms. The summed E-state index contributed by atoms with van der Waals surface area (Å²) in [6.45, 7) is 7.99. The van der Waals surface area contributed by atoms with Crippen LogP contribution >= 0.6 is 0 Å². The topological polar surface area (TPSA) is 43.4 Å². The van der Waals surface area contributed by atoms with Gasteiger partial charge in [-0.05, 0) is 33.1 Å². The van der Waals surface area contributed by atoms with Gasteiger partial charge in [0.15, 0.2) is 0 Å². The monoisotopic (exact) mass is 256 g/mol. The highest BCUT2D eigenvalue weighted by atomic mass is 16.6. The van der Waals surface area contributed by atoms with Gasteiger partial charge >= 0.3 is 5.97 Å². The third-order valence-corrected chi connectivity index (χ3v) is 2.91. The quantitative estimate of drug-likeness (QED) is 0.437. The van der Waals surface area contributed by atoms with Gasteiger partial charge in [0.2, 0.25) is 0 Å². The highest BCUT2D eigenvalue weighted by molar-refractivity contribution is 5.82. The largest absolute Gasteiger partial charge is 0.460 e. The minimum atomic E-state index is -0.403. The van der Waals surface area contributed by atoms with Crippen molar-refractivity contribution in [3.05, 3.63) is 0 Å². The van der Waals surface area contributed by atoms with E-state index in [0.29, 0.717) is 12.8 Å². The zero-order valence-corrected chi connectivity index (χ0v) is 12.4. The van der Waals surface area contributed by atoms with Crippen LogP contribution in [0.4, 0.5) is 0 Å². The van der Waals surface area contributed by atoms with Crippen molar-refractivity contribution in [1.29, 1.82) is 0 Å². The summed E-state index contributed by atoms with van der Waals surface area (Å²) in [4.78, 5) is 22.9. The molecule has 0 N–H and O–H groups in total. The summed E-state index contributed by atoms with van der Waals surface area (Å²) in [6, 6.07) is 0. The number of ether oxygens (including phenoxy) is 1. The van der Waals surface area contributed by atoms with Crippen LogP contribution in [-0.2, 0) is 14.3 Å². The van der Waals surface area contributed by atoms with Crippen LogP contribution < -0.4 is 0 Å². The Balaban J connectivity index is 3.87. The normalized spacial score (nSPS) is 11.3. The molecule has 0 saturated carbocycles. The number of ketones is 1. The predicted octanol–water partition coefficient (Wildman–Crippen LogP) is 4.04. The molecule has 0 aromatic heterocycles. The molecule has 0 amide bonds. The zero-order chi connectivity index (χ0) is 14.0. The van der Waals surface area contributed by atoms with Crippen molar-refractivity contribution in [3.63, 3.8) is 0 Å². The molecule has 0 aromatic carbocycles. The molecule has 0 fully saturated rings. The molecule has 0 aliphatic carbocycles. The second-order valence-corrected chi connectivity index (χ2v) is 5.48. The fourth-order valence-electron chi connectivity index (χ4n) is 1.86. The SMILES string of the molecule is CCCCCC(C)(C)OC(=O)CCC(=O)CCC. The molecule has 0 radical (unpaired) electrons. The van der Waals surface area contributed by atoms with Crippen LogP contribution in [0.2, 0.25) is 0 Å². The maximum Gasteiger partial charge on any atom is 0.306 e. The van der Waals surface area contributed by atoms with E-state index in [9.17, 15) is 9.59 Å². The Kier molecular flexibility index (Phi) is 8.69. The van der Waals surface area contributed by atoms with E-state index in [0.717, 1.165) is 32.1 Å². The lowest BCUT2D eigenvalue weighted by molar-refractivity contribution is -0.157. The number of unbranched alkanes of at least 4 members (excludes halogenated alkanes) is 2. The van der Waals surface area contributed by atoms with Crippen molar-refractivity contribution >= 4 is 11.8 Å². The van der Waals surface area contributed by atoms with Gasteiger partial charge in [-0.25, -0.2) is 0 Å². The van der Waals surface area contributed by atoms with E-state index in [4.69, 9.17) is 4.74 Å². The Bertz CT molecular complexity index is 256. The van der Waals surface area contributed by atoms with Crippen LogP contribution in [0, 0.1) is 0 Å². The van der Waals surface area contributed by atoms with Gasteiger partial charge in [0.05, 0.1) is 6.42 Å². The number of Topliss-reactive ketones (excluding diaryl/α,β-unsaturated/α-hetero) is 1. The van der Waals surface area contributed by atoms with Gasteiger partial charge in [0, 0.05) is 12.8 Å². The molecule has 0 spiro atoms. The molecule has 0 saturated heterocycles. The molecular formula is C15H28O3. The van der Waals surface area contributed by atoms with E-state index < -0.39 is 5.60 Å². The number of hydrogen-bond donors (Lipinski definition) is 0. The van der Waals surface area contributed by atoms with Crippen molar-refractivity contribution in [3.8, 4) is 0 Å². The highest BCUT2D eigenvalue weighted by Gasteiger charge is 2.22. The molecule has 0 aliphatic heterocycles. The lowest BCUT2D eigenvalue weighted by atomic mass is 10.0. The molecule has 106 valence electrons. The Hall–Kier alpha value is -0.860. The van der Waals surface area contributed by atoms with Gasteiger partial charge in [0.25, 0.3) is 0 Å². The van der Waals surface area contributed by atoms with Crippen LogP contribution in [0.5, 0.6) is 0 Å². The first-order valence-corrected chi connectivity index (χ1v) is 7.14. The first-order valence-electron chi connectivity index (χ1n) is 7.14. The van der Waals surface area contributed by atoms with Crippen molar-refractivity contribution in [1.82, 2.24) is 0 Å². The summed E-state index contributed by atoms with van der Waals surface area (Å²) in [5.74, 6) is -0.0980. The summed E-state index contributed by atoms with van der Waals surface area (Å²) in [5.41, 5.74) is -0.403. The molecule has 0 aromatic rings. The van der Waals surface area contributed by atoms with Crippen molar-refractivity contribution in [2.24, 2.45) is 0 Å². The lowest BCUT2D eigenvalue weighted by Crippen LogP contribution is -2.28. The van der Waals surface area contributed by atoms with E-state index in [-0.39, 0.29) is 18.2 Å². The average molecular weight is 256 g/mol. The van der Waals surface area contributed by atoms with E-state index in [1.54, 1.807) is 0 Å². The van der Waals surface area contributed by atoms with Gasteiger partial charge in [0.1, 0.15) is 11.4 Å². The minimum absolute atomic E-state index is 0.151. The van der Waals surface area contributed by atoms with Crippen molar-refractivity contribution < 1.29 is 14.3 Å². The predicted molar refractivity (Wildman–Crippen MR) is 73.5 cm³/mol. The molecule has 3 nitrogen and oxygen atoms in total. The second-order valence-electron chi connectivity index (χ2n) is 5.48. The lowest BCUT2D eigenvalue weighted by Gasteiger charge is -2.25. The maximum atomic E-state index is 11.6. The Morgan fingerprint density at radius 2 is 1.61 bits per heavy atom. The van der Waals surface area contributed by atoms with Crippen LogP contribution in [0.1, 0.15) is 79.1 Å². The van der Waals surface area contributed by atoms with Gasteiger partial charge in [-0.1, -0.05) is 26.7 Å². The zero-order valence-electron chi connectivity index (χ0n) is 12.4. The third-order valence-electron chi connectivity index (χ3n) is 2.91. The van der Waals surface area contributed by atoms with Crippen molar-refractivity contribution in [2.45, 2.75) is 84.7 Å². The first-order chi connectivity index (χ1) is 8.41. The molecule has 0 unspecified atom stereocenters. The number of esters is 1. The maximum absolute atomic E-state index is 11.6. The van der Waals surface area contributed by atoms with E-state index in [1.807, 2.05) is 20.8 Å². The molecular weight excluding hydrogens is 228 g/mol. The van der Waals surface area contributed by atoms with Crippen LogP contribution in [0.25, 0.3) is 0 Å². The average Bonchev–Trinajstić information content (AvgIpc) is 2.26. The Morgan fingerprint density at radius 1 is 0.944 bits per heavy atom. The van der Waals surface area contributed by atoms with Crippen LogP contribution in [0.3, 0.4) is 0 Å². The third kappa shape index (κ3) is 9.20. The Morgan fingerprint density at radius 3 is 2.17 bits per heavy atom. The van der Waals surface area contributed by atoms with Crippen LogP contribution in [-0.4, -0.2) is 17.4 Å². The number of hydrogen-bond acceptors (Lipinski definition) is 3. The summed E-state index contributed by atoms with van der Waals surface area (Å²) in [7, 11) is 0. The minimum Gasteiger partial charge on any atom is -0.460 e. The Labute approximate surface area is 111 Å². The van der Waals surface area contributed by atoms with Crippen LogP contribution in [0.15, 0.2) is 0 Å². The standard InChI is InChI=1S/C15H28O3/c1-5-7-8-12-15(3,4)18-14(17)11-10-13(16)9-6-2/h5-12H2,1-4H3. The number of carbonyl (C=O) groups excluding carboxylic acids is 2. The molecule has 0 heterocycles. The molecule has 3 heteroatoms. The fourth-order valence-corrected chi connectivity index (χ4v) is 1.86. The number of rotatable bonds is 10. The smallest absolute Gasteiger partial charge is 0.306 e. The van der Waals surface area contributed by atoms with E-state index >= 15 is 0 Å². The number of carbonyl (C=O) groups is 2.